The van der Waals surface area contributed by atoms with E-state index in [-0.39, 0.29) is 17.0 Å². The van der Waals surface area contributed by atoms with E-state index in [0.717, 1.165) is 15.9 Å². The zero-order valence-electron chi connectivity index (χ0n) is 14.5. The number of nitriles is 1. The van der Waals surface area contributed by atoms with Crippen molar-refractivity contribution < 1.29 is 18.4 Å². The van der Waals surface area contributed by atoms with Gasteiger partial charge in [-0.3, -0.25) is 9.36 Å². The SMILES string of the molecule is COC(=O)C1=C(N)n2c(sc(=Cc3ccco3)c2=O)=C(C#N)C1c1ccco1. The Balaban J connectivity index is 2.11. The third-order valence-corrected chi connectivity index (χ3v) is 5.43. The van der Waals surface area contributed by atoms with Crippen molar-refractivity contribution in [2.45, 2.75) is 5.92 Å². The quantitative estimate of drug-likeness (QED) is 0.647. The van der Waals surface area contributed by atoms with E-state index in [1.165, 1.54) is 19.6 Å². The minimum Gasteiger partial charge on any atom is -0.468 e. The number of nitrogens with two attached hydrogens (primary N) is 1. The van der Waals surface area contributed by atoms with Gasteiger partial charge in [0.2, 0.25) is 0 Å². The van der Waals surface area contributed by atoms with Crippen LogP contribution in [-0.4, -0.2) is 17.6 Å². The average molecular weight is 395 g/mol. The maximum Gasteiger partial charge on any atom is 0.338 e. The molecule has 2 N–H and O–H groups in total. The van der Waals surface area contributed by atoms with Gasteiger partial charge in [0.15, 0.2) is 0 Å². The van der Waals surface area contributed by atoms with Crippen LogP contribution in [0.4, 0.5) is 0 Å². The van der Waals surface area contributed by atoms with Crippen LogP contribution in [0.15, 0.2) is 56.0 Å². The monoisotopic (exact) mass is 395 g/mol. The maximum atomic E-state index is 12.9. The fourth-order valence-corrected chi connectivity index (χ4v) is 4.21. The highest BCUT2D eigenvalue weighted by Crippen LogP contribution is 2.36. The van der Waals surface area contributed by atoms with E-state index in [4.69, 9.17) is 19.3 Å². The molecule has 9 heteroatoms. The number of hydrogen-bond acceptors (Lipinski definition) is 8. The minimum absolute atomic E-state index is 0.0223. The second-order valence-electron chi connectivity index (χ2n) is 5.84. The van der Waals surface area contributed by atoms with Gasteiger partial charge in [-0.2, -0.15) is 5.26 Å². The molecule has 3 aromatic rings. The molecule has 28 heavy (non-hydrogen) atoms. The Morgan fingerprint density at radius 2 is 2.11 bits per heavy atom. The standard InChI is InChI=1S/C19H13N3O5S/c1-25-19(24)15-14(12-5-3-7-27-12)11(9-20)18-22(16(15)21)17(23)13(28-18)8-10-4-2-6-26-10/h2-8,14H,21H2,1H3. The Morgan fingerprint density at radius 3 is 2.71 bits per heavy atom. The van der Waals surface area contributed by atoms with Crippen molar-refractivity contribution in [3.63, 3.8) is 0 Å². The van der Waals surface area contributed by atoms with Gasteiger partial charge in [-0.15, -0.1) is 11.3 Å². The zero-order valence-corrected chi connectivity index (χ0v) is 15.4. The van der Waals surface area contributed by atoms with Gasteiger partial charge in [0.25, 0.3) is 5.56 Å². The first-order valence-electron chi connectivity index (χ1n) is 8.10. The molecule has 0 spiro atoms. The van der Waals surface area contributed by atoms with Crippen molar-refractivity contribution >= 4 is 34.8 Å². The summed E-state index contributed by atoms with van der Waals surface area (Å²) in [5.41, 5.74) is 5.91. The lowest BCUT2D eigenvalue weighted by molar-refractivity contribution is -0.136. The summed E-state index contributed by atoms with van der Waals surface area (Å²) in [5.74, 6) is -0.881. The summed E-state index contributed by atoms with van der Waals surface area (Å²) in [6.45, 7) is 0. The summed E-state index contributed by atoms with van der Waals surface area (Å²) in [6.07, 6.45) is 4.47. The lowest BCUT2D eigenvalue weighted by atomic mass is 9.88. The van der Waals surface area contributed by atoms with Crippen molar-refractivity contribution in [2.75, 3.05) is 7.11 Å². The normalized spacial score (nSPS) is 16.8. The first-order chi connectivity index (χ1) is 13.6. The van der Waals surface area contributed by atoms with Gasteiger partial charge < -0.3 is 19.3 Å². The molecule has 1 unspecified atom stereocenters. The third kappa shape index (κ3) is 2.59. The van der Waals surface area contributed by atoms with Crippen molar-refractivity contribution in [1.29, 1.82) is 5.26 Å². The molecule has 0 aliphatic carbocycles. The highest BCUT2D eigenvalue weighted by atomic mass is 32.1. The predicted octanol–water partition coefficient (Wildman–Crippen LogP) is 0.697. The Kier molecular flexibility index (Phi) is 4.25. The van der Waals surface area contributed by atoms with E-state index in [2.05, 4.69) is 6.07 Å². The summed E-state index contributed by atoms with van der Waals surface area (Å²) >= 11 is 1.09. The van der Waals surface area contributed by atoms with Gasteiger partial charge in [0.05, 0.1) is 47.3 Å². The first kappa shape index (κ1) is 17.6. The molecule has 0 radical (unpaired) electrons. The molecule has 0 bridgehead atoms. The first-order valence-corrected chi connectivity index (χ1v) is 8.91. The van der Waals surface area contributed by atoms with Crippen LogP contribution in [0.25, 0.3) is 17.5 Å². The van der Waals surface area contributed by atoms with E-state index in [9.17, 15) is 14.9 Å². The van der Waals surface area contributed by atoms with Gasteiger partial charge in [-0.25, -0.2) is 4.79 Å². The van der Waals surface area contributed by atoms with Crippen LogP contribution in [0.3, 0.4) is 0 Å². The molecule has 0 saturated heterocycles. The average Bonchev–Trinajstić information content (AvgIpc) is 3.44. The number of esters is 1. The fourth-order valence-electron chi connectivity index (χ4n) is 3.10. The number of rotatable bonds is 3. The van der Waals surface area contributed by atoms with Gasteiger partial charge in [0.1, 0.15) is 22.0 Å². The number of aromatic nitrogens is 1. The number of hydrogen-bond donors (Lipinski definition) is 1. The summed E-state index contributed by atoms with van der Waals surface area (Å²) in [6, 6.07) is 8.77. The maximum absolute atomic E-state index is 12.9. The fraction of sp³-hybridized carbons (Fsp3) is 0.105. The zero-order chi connectivity index (χ0) is 19.8. The second-order valence-corrected chi connectivity index (χ2v) is 6.87. The van der Waals surface area contributed by atoms with Gasteiger partial charge in [-0.05, 0) is 24.3 Å². The predicted molar refractivity (Wildman–Crippen MR) is 100.0 cm³/mol. The summed E-state index contributed by atoms with van der Waals surface area (Å²) in [4.78, 5) is 25.4. The molecular formula is C19H13N3O5S. The summed E-state index contributed by atoms with van der Waals surface area (Å²) < 4.78 is 17.3. The third-order valence-electron chi connectivity index (χ3n) is 4.32. The van der Waals surface area contributed by atoms with Crippen LogP contribution < -0.4 is 20.5 Å². The number of methoxy groups -OCH3 is 1. The van der Waals surface area contributed by atoms with Gasteiger partial charge in [0, 0.05) is 6.08 Å². The summed E-state index contributed by atoms with van der Waals surface area (Å²) in [5, 5.41) is 9.84. The molecular weight excluding hydrogens is 382 g/mol. The van der Waals surface area contributed by atoms with E-state index >= 15 is 0 Å². The number of ether oxygens (including phenoxy) is 1. The highest BCUT2D eigenvalue weighted by molar-refractivity contribution is 7.07. The number of carbonyl (C=O) groups is 1. The van der Waals surface area contributed by atoms with Crippen molar-refractivity contribution in [2.24, 2.45) is 5.73 Å². The minimum atomic E-state index is -0.873. The Morgan fingerprint density at radius 1 is 1.36 bits per heavy atom. The topological polar surface area (TPSA) is 124 Å². The van der Waals surface area contributed by atoms with Gasteiger partial charge >= 0.3 is 5.97 Å². The molecule has 0 amide bonds. The van der Waals surface area contributed by atoms with Crippen LogP contribution >= 0.6 is 11.3 Å². The van der Waals surface area contributed by atoms with Crippen LogP contribution in [-0.2, 0) is 9.53 Å². The number of furan rings is 2. The second kappa shape index (κ2) is 6.75. The molecule has 4 heterocycles. The summed E-state index contributed by atoms with van der Waals surface area (Å²) in [7, 11) is 1.20. The molecule has 1 aliphatic heterocycles. The number of fused-ring (bicyclic) bond motifs is 1. The number of thiazole rings is 1. The molecule has 4 rings (SSSR count). The Bertz CT molecular complexity index is 1300. The number of nitrogens with zero attached hydrogens (tertiary/aromatic N) is 2. The van der Waals surface area contributed by atoms with E-state index in [1.807, 2.05) is 0 Å². The molecule has 0 aromatic carbocycles. The van der Waals surface area contributed by atoms with Crippen molar-refractivity contribution in [3.05, 3.63) is 73.4 Å². The Hall–Kier alpha value is -3.77. The number of carbonyl (C=O) groups excluding carboxylic acids is 1. The van der Waals surface area contributed by atoms with Crippen LogP contribution in [0.1, 0.15) is 17.4 Å². The molecule has 140 valence electrons. The lowest BCUT2D eigenvalue weighted by Crippen LogP contribution is -2.40. The molecule has 1 aliphatic rings. The molecule has 0 fully saturated rings. The molecule has 0 saturated carbocycles. The van der Waals surface area contributed by atoms with Gasteiger partial charge in [-0.1, -0.05) is 0 Å². The molecule has 3 aromatic heterocycles. The lowest BCUT2D eigenvalue weighted by Gasteiger charge is -2.22. The van der Waals surface area contributed by atoms with E-state index < -0.39 is 17.4 Å². The molecule has 8 nitrogen and oxygen atoms in total. The Labute approximate surface area is 161 Å². The van der Waals surface area contributed by atoms with Crippen molar-refractivity contribution in [3.8, 4) is 6.07 Å². The van der Waals surface area contributed by atoms with Crippen LogP contribution in [0.5, 0.6) is 0 Å². The smallest absolute Gasteiger partial charge is 0.338 e. The van der Waals surface area contributed by atoms with Crippen molar-refractivity contribution in [1.82, 2.24) is 4.57 Å². The van der Waals surface area contributed by atoms with Crippen LogP contribution in [0.2, 0.25) is 0 Å². The van der Waals surface area contributed by atoms with E-state index in [1.54, 1.807) is 30.3 Å². The van der Waals surface area contributed by atoms with Crippen LogP contribution in [0, 0.1) is 11.3 Å². The molecule has 1 atom stereocenters. The highest BCUT2D eigenvalue weighted by Gasteiger charge is 2.37. The largest absolute Gasteiger partial charge is 0.468 e. The van der Waals surface area contributed by atoms with E-state index in [0.29, 0.717) is 20.7 Å².